The molecule has 5 aliphatic rings. The van der Waals surface area contributed by atoms with E-state index >= 15 is 0 Å². The fraction of sp³-hybridized carbons (Fsp3) is 0.838. The van der Waals surface area contributed by atoms with Gasteiger partial charge in [-0.3, -0.25) is 4.79 Å². The van der Waals surface area contributed by atoms with Gasteiger partial charge in [-0.2, -0.15) is 5.26 Å². The summed E-state index contributed by atoms with van der Waals surface area (Å²) in [4.78, 5) is 14.7. The lowest BCUT2D eigenvalue weighted by Crippen LogP contribution is -2.65. The van der Waals surface area contributed by atoms with Crippen LogP contribution in [0.25, 0.3) is 0 Å². The molecule has 4 fully saturated rings. The Kier molecular flexibility index (Phi) is 9.23. The maximum Gasteiger partial charge on any atom is 0.187 e. The number of carbonyl (C=O) groups is 1. The molecule has 0 aromatic heterocycles. The first-order valence-electron chi connectivity index (χ1n) is 17.3. The minimum absolute atomic E-state index is 0.0465. The second-order valence-electron chi connectivity index (χ2n) is 17.1. The number of ketones is 1. The molecule has 5 N–H and O–H groups in total. The van der Waals surface area contributed by atoms with Crippen molar-refractivity contribution in [3.8, 4) is 6.07 Å². The fourth-order valence-corrected chi connectivity index (χ4v) is 11.4. The second kappa shape index (κ2) is 12.0. The third kappa shape index (κ3) is 5.13. The number of allylic oxidation sites excluding steroid dienone is 4. The SMILES string of the molecule is CC(C)=CCCC(C)(O[C@@H]1OC(CO)[C@@H](O)C(O)C1O)C1CC[C@]2(C)C1C(=O)CC1[C@@]3(C)CC(C#N)=C(O)C(C)(C)C3CC[C@]12C. The highest BCUT2D eigenvalue weighted by molar-refractivity contribution is 5.84. The van der Waals surface area contributed by atoms with E-state index in [0.29, 0.717) is 31.3 Å². The number of hydrogen-bond acceptors (Lipinski definition) is 9. The molecule has 3 saturated carbocycles. The minimum Gasteiger partial charge on any atom is -0.511 e. The van der Waals surface area contributed by atoms with E-state index in [4.69, 9.17) is 9.47 Å². The van der Waals surface area contributed by atoms with Gasteiger partial charge in [0.25, 0.3) is 0 Å². The van der Waals surface area contributed by atoms with Crippen molar-refractivity contribution < 1.29 is 39.8 Å². The van der Waals surface area contributed by atoms with Gasteiger partial charge in [0.1, 0.15) is 36.0 Å². The summed E-state index contributed by atoms with van der Waals surface area (Å²) in [6.45, 7) is 16.5. The van der Waals surface area contributed by atoms with Crippen LogP contribution in [0, 0.1) is 56.7 Å². The van der Waals surface area contributed by atoms with Crippen molar-refractivity contribution >= 4 is 5.78 Å². The highest BCUT2D eigenvalue weighted by Gasteiger charge is 2.72. The smallest absolute Gasteiger partial charge is 0.187 e. The zero-order chi connectivity index (χ0) is 34.2. The van der Waals surface area contributed by atoms with Crippen LogP contribution in [0.15, 0.2) is 23.0 Å². The van der Waals surface area contributed by atoms with E-state index in [-0.39, 0.29) is 51.5 Å². The number of ether oxygens (including phenoxy) is 2. The number of fused-ring (bicyclic) bond motifs is 5. The summed E-state index contributed by atoms with van der Waals surface area (Å²) in [5.41, 5.74) is -0.737. The standard InChI is InChI=1S/C37H57NO8/c1-20(2)10-9-13-37(8,46-32-30(43)29(42)28(41)24(19-39)45-32)22-11-14-36(7)27(22)23(40)16-26-34(5)17-21(18-38)31(44)33(3,4)25(34)12-15-35(26,36)6/h10,22,24-30,32,39,41-44H,9,11-17,19H2,1-8H3/t22?,24?,25?,26?,27?,28-,29?,30?,32+,34+,35-,36-,37?/m1/s1. The van der Waals surface area contributed by atoms with E-state index in [1.807, 2.05) is 34.6 Å². The summed E-state index contributed by atoms with van der Waals surface area (Å²) in [5.74, 6) is 0.106. The highest BCUT2D eigenvalue weighted by atomic mass is 16.7. The Morgan fingerprint density at radius 3 is 2.30 bits per heavy atom. The predicted molar refractivity (Wildman–Crippen MR) is 172 cm³/mol. The van der Waals surface area contributed by atoms with Crippen LogP contribution in [-0.2, 0) is 14.3 Å². The molecule has 46 heavy (non-hydrogen) atoms. The zero-order valence-electron chi connectivity index (χ0n) is 29.0. The van der Waals surface area contributed by atoms with Gasteiger partial charge in [-0.25, -0.2) is 0 Å². The normalized spacial score (nSPS) is 46.4. The summed E-state index contributed by atoms with van der Waals surface area (Å²) >= 11 is 0. The second-order valence-corrected chi connectivity index (χ2v) is 17.1. The molecule has 8 unspecified atom stereocenters. The minimum atomic E-state index is -1.55. The zero-order valence-corrected chi connectivity index (χ0v) is 29.0. The average Bonchev–Trinajstić information content (AvgIpc) is 3.37. The quantitative estimate of drug-likeness (QED) is 0.237. The number of aliphatic hydroxyl groups is 5. The number of rotatable bonds is 7. The molecular weight excluding hydrogens is 586 g/mol. The molecule has 0 aromatic carbocycles. The van der Waals surface area contributed by atoms with E-state index in [9.17, 15) is 35.6 Å². The van der Waals surface area contributed by atoms with Crippen LogP contribution < -0.4 is 0 Å². The highest BCUT2D eigenvalue weighted by Crippen LogP contribution is 2.75. The predicted octanol–water partition coefficient (Wildman–Crippen LogP) is 5.12. The van der Waals surface area contributed by atoms with Crippen LogP contribution in [0.3, 0.4) is 0 Å². The topological polar surface area (TPSA) is 160 Å². The van der Waals surface area contributed by atoms with Crippen molar-refractivity contribution in [3.63, 3.8) is 0 Å². The lowest BCUT2D eigenvalue weighted by Gasteiger charge is -2.68. The van der Waals surface area contributed by atoms with Crippen molar-refractivity contribution in [3.05, 3.63) is 23.0 Å². The Hall–Kier alpha value is -1.80. The summed E-state index contributed by atoms with van der Waals surface area (Å²) < 4.78 is 12.5. The number of carbonyl (C=O) groups excluding carboxylic acids is 1. The molecule has 0 amide bonds. The Labute approximate surface area is 274 Å². The maximum absolute atomic E-state index is 14.7. The van der Waals surface area contributed by atoms with Crippen molar-refractivity contribution in [2.75, 3.05) is 6.61 Å². The molecule has 0 bridgehead atoms. The van der Waals surface area contributed by atoms with Gasteiger partial charge in [0.05, 0.1) is 23.9 Å². The van der Waals surface area contributed by atoms with Crippen LogP contribution >= 0.6 is 0 Å². The van der Waals surface area contributed by atoms with Crippen LogP contribution in [0.4, 0.5) is 0 Å². The van der Waals surface area contributed by atoms with Gasteiger partial charge in [0.15, 0.2) is 6.29 Å². The molecule has 1 saturated heterocycles. The average molecular weight is 644 g/mol. The van der Waals surface area contributed by atoms with Gasteiger partial charge in [-0.1, -0.05) is 46.3 Å². The van der Waals surface area contributed by atoms with Crippen LogP contribution in [-0.4, -0.2) is 74.2 Å². The van der Waals surface area contributed by atoms with Gasteiger partial charge in [0, 0.05) is 17.8 Å². The monoisotopic (exact) mass is 643 g/mol. The number of Topliss-reactive ketones (excluding diaryl/α,β-unsaturated/α-hetero) is 1. The van der Waals surface area contributed by atoms with Crippen LogP contribution in [0.2, 0.25) is 0 Å². The van der Waals surface area contributed by atoms with Crippen LogP contribution in [0.5, 0.6) is 0 Å². The Morgan fingerprint density at radius 1 is 1.04 bits per heavy atom. The van der Waals surface area contributed by atoms with Gasteiger partial charge in [-0.05, 0) is 99.7 Å². The molecule has 1 aliphatic heterocycles. The molecule has 258 valence electrons. The molecule has 0 radical (unpaired) electrons. The first kappa shape index (κ1) is 35.5. The molecule has 5 rings (SSSR count). The molecule has 13 atom stereocenters. The van der Waals surface area contributed by atoms with E-state index in [2.05, 4.69) is 32.9 Å². The van der Waals surface area contributed by atoms with E-state index in [1.165, 1.54) is 0 Å². The van der Waals surface area contributed by atoms with E-state index < -0.39 is 48.3 Å². The third-order valence-corrected chi connectivity index (χ3v) is 14.1. The maximum atomic E-state index is 14.7. The Bertz CT molecular complexity index is 1310. The molecule has 9 heteroatoms. The van der Waals surface area contributed by atoms with Crippen molar-refractivity contribution in [1.82, 2.24) is 0 Å². The summed E-state index contributed by atoms with van der Waals surface area (Å²) in [5, 5.41) is 62.9. The number of aliphatic hydroxyl groups excluding tert-OH is 5. The molecule has 9 nitrogen and oxygen atoms in total. The molecule has 0 aromatic rings. The van der Waals surface area contributed by atoms with E-state index in [1.54, 1.807) is 0 Å². The molecule has 0 spiro atoms. The fourth-order valence-electron chi connectivity index (χ4n) is 11.4. The number of nitrogens with zero attached hydrogens (tertiary/aromatic N) is 1. The molecule has 4 aliphatic carbocycles. The van der Waals surface area contributed by atoms with Gasteiger partial charge < -0.3 is 35.0 Å². The van der Waals surface area contributed by atoms with Crippen molar-refractivity contribution in [2.24, 2.45) is 45.3 Å². The molecule has 1 heterocycles. The van der Waals surface area contributed by atoms with Gasteiger partial charge in [-0.15, -0.1) is 0 Å². The number of hydrogen-bond donors (Lipinski definition) is 5. The van der Waals surface area contributed by atoms with Gasteiger partial charge in [0.2, 0.25) is 0 Å². The lowest BCUT2D eigenvalue weighted by molar-refractivity contribution is -0.333. The summed E-state index contributed by atoms with van der Waals surface area (Å²) in [6, 6.07) is 2.29. The lowest BCUT2D eigenvalue weighted by atomic mass is 9.35. The largest absolute Gasteiger partial charge is 0.511 e. The third-order valence-electron chi connectivity index (χ3n) is 14.1. The molecular formula is C37H57NO8. The van der Waals surface area contributed by atoms with E-state index in [0.717, 1.165) is 31.3 Å². The summed E-state index contributed by atoms with van der Waals surface area (Å²) in [7, 11) is 0. The van der Waals surface area contributed by atoms with Crippen molar-refractivity contribution in [2.45, 2.75) is 143 Å². The number of nitriles is 1. The van der Waals surface area contributed by atoms with Crippen LogP contribution in [0.1, 0.15) is 107 Å². The Morgan fingerprint density at radius 2 is 1.70 bits per heavy atom. The van der Waals surface area contributed by atoms with Gasteiger partial charge >= 0.3 is 0 Å². The summed E-state index contributed by atoms with van der Waals surface area (Å²) in [6.07, 6.45) is 0.712. The Balaban J connectivity index is 1.52. The van der Waals surface area contributed by atoms with Crippen molar-refractivity contribution in [1.29, 1.82) is 5.26 Å². The first-order valence-corrected chi connectivity index (χ1v) is 17.3. The first-order chi connectivity index (χ1) is 21.3.